The molecule has 0 aliphatic heterocycles. The maximum absolute atomic E-state index is 8.87. The normalized spacial score (nSPS) is 11.6. The Morgan fingerprint density at radius 3 is 2.65 bits per heavy atom. The van der Waals surface area contributed by atoms with Gasteiger partial charge in [0.15, 0.2) is 0 Å². The maximum Gasteiger partial charge on any atom is 0.119 e. The van der Waals surface area contributed by atoms with Gasteiger partial charge in [0.2, 0.25) is 0 Å². The van der Waals surface area contributed by atoms with Crippen molar-refractivity contribution in [1.82, 2.24) is 9.78 Å². The molecule has 0 unspecified atom stereocenters. The third kappa shape index (κ3) is 3.60. The van der Waals surface area contributed by atoms with E-state index < -0.39 is 0 Å². The van der Waals surface area contributed by atoms with E-state index >= 15 is 0 Å². The van der Waals surface area contributed by atoms with Crippen molar-refractivity contribution >= 4 is 5.71 Å². The van der Waals surface area contributed by atoms with Crippen molar-refractivity contribution in [3.63, 3.8) is 0 Å². The van der Waals surface area contributed by atoms with E-state index in [0.29, 0.717) is 18.7 Å². The molecule has 0 aliphatic carbocycles. The Morgan fingerprint density at radius 1 is 1.35 bits per heavy atom. The smallest absolute Gasteiger partial charge is 0.119 e. The lowest BCUT2D eigenvalue weighted by atomic mass is 10.1. The van der Waals surface area contributed by atoms with Gasteiger partial charge in [0.1, 0.15) is 5.75 Å². The van der Waals surface area contributed by atoms with Gasteiger partial charge in [-0.15, -0.1) is 0 Å². The number of nitrogens with zero attached hydrogens (tertiary/aromatic N) is 3. The van der Waals surface area contributed by atoms with Crippen molar-refractivity contribution in [3.8, 4) is 5.75 Å². The van der Waals surface area contributed by atoms with Crippen molar-refractivity contribution in [2.24, 2.45) is 12.2 Å². The number of aryl methyl sites for hydroxylation is 1. The first-order valence-electron chi connectivity index (χ1n) is 6.64. The lowest BCUT2D eigenvalue weighted by Gasteiger charge is -2.07. The lowest BCUT2D eigenvalue weighted by Crippen LogP contribution is -2.02. The van der Waals surface area contributed by atoms with E-state index in [9.17, 15) is 0 Å². The molecule has 0 spiro atoms. The molecule has 1 N–H and O–H groups in total. The van der Waals surface area contributed by atoms with Crippen molar-refractivity contribution in [2.75, 3.05) is 6.61 Å². The predicted molar refractivity (Wildman–Crippen MR) is 77.5 cm³/mol. The van der Waals surface area contributed by atoms with Crippen LogP contribution in [0.1, 0.15) is 24.5 Å². The number of oxime groups is 1. The summed E-state index contributed by atoms with van der Waals surface area (Å²) in [5.41, 5.74) is 2.74. The molecule has 0 saturated heterocycles. The minimum Gasteiger partial charge on any atom is -0.493 e. The van der Waals surface area contributed by atoms with Gasteiger partial charge in [-0.3, -0.25) is 4.68 Å². The Balaban J connectivity index is 1.88. The number of ether oxygens (including phenoxy) is 1. The lowest BCUT2D eigenvalue weighted by molar-refractivity contribution is 0.318. The van der Waals surface area contributed by atoms with Crippen molar-refractivity contribution in [2.45, 2.75) is 19.8 Å². The summed E-state index contributed by atoms with van der Waals surface area (Å²) in [5.74, 6) is 0.811. The number of hydrogen-bond donors (Lipinski definition) is 1. The van der Waals surface area contributed by atoms with Gasteiger partial charge in [0.05, 0.1) is 18.5 Å². The van der Waals surface area contributed by atoms with Gasteiger partial charge < -0.3 is 9.94 Å². The molecular weight excluding hydrogens is 254 g/mol. The van der Waals surface area contributed by atoms with Gasteiger partial charge in [-0.2, -0.15) is 5.10 Å². The second-order valence-corrected chi connectivity index (χ2v) is 4.55. The fourth-order valence-corrected chi connectivity index (χ4v) is 1.96. The van der Waals surface area contributed by atoms with Crippen LogP contribution in [0.2, 0.25) is 0 Å². The average Bonchev–Trinajstić information content (AvgIpc) is 2.87. The van der Waals surface area contributed by atoms with Crippen LogP contribution in [0.25, 0.3) is 0 Å². The highest BCUT2D eigenvalue weighted by molar-refractivity contribution is 6.00. The molecule has 2 aromatic rings. The molecule has 1 heterocycles. The van der Waals surface area contributed by atoms with E-state index in [4.69, 9.17) is 9.94 Å². The molecule has 0 radical (unpaired) electrons. The molecule has 0 aliphatic rings. The van der Waals surface area contributed by atoms with Crippen LogP contribution >= 0.6 is 0 Å². The minimum atomic E-state index is 0.611. The largest absolute Gasteiger partial charge is 0.493 e. The molecule has 0 atom stereocenters. The SMILES string of the molecule is CC/C(=N/O)c1ccc(OCCc2cnn(C)c2)cc1. The fourth-order valence-electron chi connectivity index (χ4n) is 1.96. The van der Waals surface area contributed by atoms with E-state index in [-0.39, 0.29) is 0 Å². The Bertz CT molecular complexity index is 573. The fraction of sp³-hybridized carbons (Fsp3) is 0.333. The topological polar surface area (TPSA) is 59.6 Å². The summed E-state index contributed by atoms with van der Waals surface area (Å²) in [6, 6.07) is 7.58. The molecule has 0 fully saturated rings. The van der Waals surface area contributed by atoms with Crippen LogP contribution in [0.15, 0.2) is 41.8 Å². The van der Waals surface area contributed by atoms with Crippen LogP contribution in [0, 0.1) is 0 Å². The first kappa shape index (κ1) is 14.1. The summed E-state index contributed by atoms with van der Waals surface area (Å²) in [5, 5.41) is 16.3. The van der Waals surface area contributed by atoms with E-state index in [0.717, 1.165) is 23.3 Å². The standard InChI is InChI=1S/C15H19N3O2/c1-3-15(17-19)13-4-6-14(7-5-13)20-9-8-12-10-16-18(2)11-12/h4-7,10-11,19H,3,8-9H2,1-2H3/b17-15-. The van der Waals surface area contributed by atoms with Crippen molar-refractivity contribution in [1.29, 1.82) is 0 Å². The number of rotatable bonds is 6. The number of hydrogen-bond acceptors (Lipinski definition) is 4. The van der Waals surface area contributed by atoms with Gasteiger partial charge >= 0.3 is 0 Å². The molecule has 1 aromatic heterocycles. The highest BCUT2D eigenvalue weighted by atomic mass is 16.5. The Labute approximate surface area is 118 Å². The monoisotopic (exact) mass is 273 g/mol. The van der Waals surface area contributed by atoms with Gasteiger partial charge in [0.25, 0.3) is 0 Å². The van der Waals surface area contributed by atoms with Gasteiger partial charge in [-0.05, 0) is 41.8 Å². The number of benzene rings is 1. The van der Waals surface area contributed by atoms with Crippen LogP contribution in [0.3, 0.4) is 0 Å². The average molecular weight is 273 g/mol. The Kier molecular flexibility index (Phi) is 4.76. The minimum absolute atomic E-state index is 0.611. The van der Waals surface area contributed by atoms with Crippen LogP contribution in [0.5, 0.6) is 5.75 Å². The molecule has 5 nitrogen and oxygen atoms in total. The molecule has 1 aromatic carbocycles. The molecule has 106 valence electrons. The molecular formula is C15H19N3O2. The number of aromatic nitrogens is 2. The highest BCUT2D eigenvalue weighted by Gasteiger charge is 2.02. The molecule has 0 saturated carbocycles. The third-order valence-corrected chi connectivity index (χ3v) is 3.06. The van der Waals surface area contributed by atoms with Gasteiger partial charge in [0, 0.05) is 19.7 Å². The van der Waals surface area contributed by atoms with E-state index in [1.54, 1.807) is 4.68 Å². The van der Waals surface area contributed by atoms with Crippen LogP contribution in [-0.4, -0.2) is 27.3 Å². The molecule has 5 heteroatoms. The maximum atomic E-state index is 8.87. The van der Waals surface area contributed by atoms with E-state index in [2.05, 4.69) is 10.3 Å². The van der Waals surface area contributed by atoms with Crippen molar-refractivity contribution in [3.05, 3.63) is 47.8 Å². The molecule has 2 rings (SSSR count). The van der Waals surface area contributed by atoms with Gasteiger partial charge in [-0.1, -0.05) is 12.1 Å². The summed E-state index contributed by atoms with van der Waals surface area (Å²) in [6.07, 6.45) is 5.35. The molecule has 0 amide bonds. The van der Waals surface area contributed by atoms with E-state index in [1.807, 2.05) is 50.6 Å². The second kappa shape index (κ2) is 6.75. The van der Waals surface area contributed by atoms with Crippen molar-refractivity contribution < 1.29 is 9.94 Å². The van der Waals surface area contributed by atoms with Crippen LogP contribution in [-0.2, 0) is 13.5 Å². The molecule has 0 bridgehead atoms. The summed E-state index contributed by atoms with van der Waals surface area (Å²) >= 11 is 0. The zero-order valence-corrected chi connectivity index (χ0v) is 11.8. The van der Waals surface area contributed by atoms with Crippen LogP contribution < -0.4 is 4.74 Å². The van der Waals surface area contributed by atoms with Gasteiger partial charge in [-0.25, -0.2) is 0 Å². The zero-order valence-electron chi connectivity index (χ0n) is 11.8. The van der Waals surface area contributed by atoms with E-state index in [1.165, 1.54) is 0 Å². The zero-order chi connectivity index (χ0) is 14.4. The quantitative estimate of drug-likeness (QED) is 0.500. The Hall–Kier alpha value is -2.30. The first-order valence-corrected chi connectivity index (χ1v) is 6.64. The summed E-state index contributed by atoms with van der Waals surface area (Å²) in [6.45, 7) is 2.56. The second-order valence-electron chi connectivity index (χ2n) is 4.55. The summed E-state index contributed by atoms with van der Waals surface area (Å²) in [4.78, 5) is 0. The third-order valence-electron chi connectivity index (χ3n) is 3.06. The summed E-state index contributed by atoms with van der Waals surface area (Å²) < 4.78 is 7.46. The van der Waals surface area contributed by atoms with Crippen LogP contribution in [0.4, 0.5) is 0 Å². The first-order chi connectivity index (χ1) is 9.72. The predicted octanol–water partition coefficient (Wildman–Crippen LogP) is 2.63. The summed E-state index contributed by atoms with van der Waals surface area (Å²) in [7, 11) is 1.90. The Morgan fingerprint density at radius 2 is 2.10 bits per heavy atom. The highest BCUT2D eigenvalue weighted by Crippen LogP contribution is 2.14. The molecule has 20 heavy (non-hydrogen) atoms.